The summed E-state index contributed by atoms with van der Waals surface area (Å²) in [7, 11) is 0. The predicted octanol–water partition coefficient (Wildman–Crippen LogP) is 0.657. The third-order valence-corrected chi connectivity index (χ3v) is 1.62. The number of rotatable bonds is 2. The van der Waals surface area contributed by atoms with Crippen LogP contribution < -0.4 is 0 Å². The predicted molar refractivity (Wildman–Crippen MR) is 40.0 cm³/mol. The van der Waals surface area contributed by atoms with E-state index in [0.717, 1.165) is 13.1 Å². The Labute approximate surface area is 60.7 Å². The largest absolute Gasteiger partial charge is 0.297 e. The molecule has 0 aliphatic carbocycles. The van der Waals surface area contributed by atoms with Crippen LogP contribution in [0.5, 0.6) is 0 Å². The molecule has 0 aromatic heterocycles. The number of hydrazone groups is 1. The molecule has 1 fully saturated rings. The molecule has 3 nitrogen and oxygen atoms in total. The van der Waals surface area contributed by atoms with Crippen molar-refractivity contribution in [3.05, 3.63) is 0 Å². The highest BCUT2D eigenvalue weighted by atomic mass is 16.1. The smallest absolute Gasteiger partial charge is 0.162 e. The first-order chi connectivity index (χ1) is 4.93. The molecule has 1 aliphatic heterocycles. The van der Waals surface area contributed by atoms with Crippen LogP contribution in [-0.2, 0) is 4.79 Å². The van der Waals surface area contributed by atoms with E-state index < -0.39 is 0 Å². The van der Waals surface area contributed by atoms with Crippen molar-refractivity contribution in [2.45, 2.75) is 19.3 Å². The average Bonchev–Trinajstić information content (AvgIpc) is 2.03. The highest BCUT2D eigenvalue weighted by Gasteiger charge is 2.05. The van der Waals surface area contributed by atoms with Gasteiger partial charge in [-0.05, 0) is 19.3 Å². The third-order valence-electron chi connectivity index (χ3n) is 1.62. The number of hydrogen-bond donors (Lipinski definition) is 0. The van der Waals surface area contributed by atoms with E-state index in [2.05, 4.69) is 5.10 Å². The van der Waals surface area contributed by atoms with Gasteiger partial charge in [0.25, 0.3) is 0 Å². The van der Waals surface area contributed by atoms with E-state index in [-0.39, 0.29) is 0 Å². The molecule has 56 valence electrons. The Morgan fingerprint density at radius 2 is 1.90 bits per heavy atom. The van der Waals surface area contributed by atoms with Crippen molar-refractivity contribution < 1.29 is 4.79 Å². The van der Waals surface area contributed by atoms with E-state index >= 15 is 0 Å². The van der Waals surface area contributed by atoms with Crippen LogP contribution in [0.15, 0.2) is 5.10 Å². The average molecular weight is 140 g/mol. The molecule has 0 bridgehead atoms. The van der Waals surface area contributed by atoms with E-state index in [1.54, 1.807) is 0 Å². The van der Waals surface area contributed by atoms with Crippen LogP contribution in [0.3, 0.4) is 0 Å². The minimum atomic E-state index is 0.717. The fourth-order valence-corrected chi connectivity index (χ4v) is 1.11. The van der Waals surface area contributed by atoms with Gasteiger partial charge in [-0.25, -0.2) is 0 Å². The van der Waals surface area contributed by atoms with Crippen molar-refractivity contribution in [3.8, 4) is 0 Å². The van der Waals surface area contributed by atoms with Gasteiger partial charge in [0.15, 0.2) is 6.29 Å². The van der Waals surface area contributed by atoms with Gasteiger partial charge < -0.3 is 0 Å². The molecule has 10 heavy (non-hydrogen) atoms. The monoisotopic (exact) mass is 140 g/mol. The molecule has 0 aromatic rings. The molecule has 0 unspecified atom stereocenters. The molecule has 1 saturated heterocycles. The van der Waals surface area contributed by atoms with E-state index in [4.69, 9.17) is 0 Å². The fraction of sp³-hybridized carbons (Fsp3) is 0.714. The van der Waals surface area contributed by atoms with Crippen molar-refractivity contribution in [2.24, 2.45) is 5.10 Å². The molecule has 1 heterocycles. The summed E-state index contributed by atoms with van der Waals surface area (Å²) in [5.41, 5.74) is 0. The zero-order valence-corrected chi connectivity index (χ0v) is 5.99. The lowest BCUT2D eigenvalue weighted by molar-refractivity contribution is -0.102. The lowest BCUT2D eigenvalue weighted by Gasteiger charge is -2.22. The van der Waals surface area contributed by atoms with Crippen molar-refractivity contribution in [2.75, 3.05) is 13.1 Å². The van der Waals surface area contributed by atoms with Gasteiger partial charge in [0.1, 0.15) is 0 Å². The lowest BCUT2D eigenvalue weighted by Crippen LogP contribution is -2.24. The van der Waals surface area contributed by atoms with Gasteiger partial charge in [0.2, 0.25) is 0 Å². The highest BCUT2D eigenvalue weighted by Crippen LogP contribution is 2.07. The Morgan fingerprint density at radius 3 is 2.50 bits per heavy atom. The molecular formula is C7H12N2O. The van der Waals surface area contributed by atoms with Crippen molar-refractivity contribution >= 4 is 12.5 Å². The minimum Gasteiger partial charge on any atom is -0.297 e. The van der Waals surface area contributed by atoms with Gasteiger partial charge in [-0.3, -0.25) is 9.80 Å². The summed E-state index contributed by atoms with van der Waals surface area (Å²) in [6, 6.07) is 0. The van der Waals surface area contributed by atoms with Gasteiger partial charge in [-0.15, -0.1) is 0 Å². The summed E-state index contributed by atoms with van der Waals surface area (Å²) in [4.78, 5) is 9.87. The highest BCUT2D eigenvalue weighted by molar-refractivity contribution is 6.12. The van der Waals surface area contributed by atoms with Crippen LogP contribution in [0.2, 0.25) is 0 Å². The van der Waals surface area contributed by atoms with Crippen molar-refractivity contribution in [1.82, 2.24) is 5.01 Å². The third kappa shape index (κ3) is 2.17. The lowest BCUT2D eigenvalue weighted by atomic mass is 10.2. The molecular weight excluding hydrogens is 128 g/mol. The van der Waals surface area contributed by atoms with Gasteiger partial charge in [0, 0.05) is 13.1 Å². The van der Waals surface area contributed by atoms with Gasteiger partial charge in [-0.2, -0.15) is 5.10 Å². The molecule has 1 rings (SSSR count). The quantitative estimate of drug-likeness (QED) is 0.417. The Kier molecular flexibility index (Phi) is 2.93. The van der Waals surface area contributed by atoms with Crippen LogP contribution in [0, 0.1) is 0 Å². The molecule has 0 spiro atoms. The molecule has 1 aliphatic rings. The Morgan fingerprint density at radius 1 is 1.20 bits per heavy atom. The maximum absolute atomic E-state index is 9.87. The molecule has 0 atom stereocenters. The van der Waals surface area contributed by atoms with E-state index in [1.165, 1.54) is 25.5 Å². The Balaban J connectivity index is 2.25. The molecule has 0 saturated carbocycles. The maximum Gasteiger partial charge on any atom is 0.162 e. The Hall–Kier alpha value is -0.860. The summed E-state index contributed by atoms with van der Waals surface area (Å²) < 4.78 is 0. The molecule has 0 aromatic carbocycles. The minimum absolute atomic E-state index is 0.717. The van der Waals surface area contributed by atoms with Gasteiger partial charge in [-0.1, -0.05) is 0 Å². The van der Waals surface area contributed by atoms with Crippen LogP contribution in [0.25, 0.3) is 0 Å². The SMILES string of the molecule is O=C/C=N/N1CCCCC1. The summed E-state index contributed by atoms with van der Waals surface area (Å²) in [5.74, 6) is 0. The van der Waals surface area contributed by atoms with Crippen LogP contribution in [0.4, 0.5) is 0 Å². The van der Waals surface area contributed by atoms with E-state index in [1.807, 2.05) is 5.01 Å². The Bertz CT molecular complexity index is 128. The standard InChI is InChI=1S/C7H12N2O/c10-7-4-8-9-5-2-1-3-6-9/h4,7H,1-3,5-6H2/b8-4+. The number of aldehydes is 1. The maximum atomic E-state index is 9.87. The van der Waals surface area contributed by atoms with Crippen molar-refractivity contribution in [1.29, 1.82) is 0 Å². The first kappa shape index (κ1) is 7.25. The zero-order valence-electron chi connectivity index (χ0n) is 5.99. The second-order valence-corrected chi connectivity index (χ2v) is 2.41. The zero-order chi connectivity index (χ0) is 7.23. The second kappa shape index (κ2) is 4.04. The summed E-state index contributed by atoms with van der Waals surface area (Å²) in [6.45, 7) is 2.01. The first-order valence-corrected chi connectivity index (χ1v) is 3.66. The van der Waals surface area contributed by atoms with Crippen LogP contribution >= 0.6 is 0 Å². The summed E-state index contributed by atoms with van der Waals surface area (Å²) in [6.07, 6.45) is 5.74. The summed E-state index contributed by atoms with van der Waals surface area (Å²) in [5, 5.41) is 5.88. The number of carbonyl (C=O) groups excluding carboxylic acids is 1. The topological polar surface area (TPSA) is 32.7 Å². The molecule has 0 N–H and O–H groups in total. The number of hydrogen-bond acceptors (Lipinski definition) is 3. The normalized spacial score (nSPS) is 19.8. The molecule has 3 heteroatoms. The van der Waals surface area contributed by atoms with E-state index in [0.29, 0.717) is 6.29 Å². The fourth-order valence-electron chi connectivity index (χ4n) is 1.11. The second-order valence-electron chi connectivity index (χ2n) is 2.41. The first-order valence-electron chi connectivity index (χ1n) is 3.66. The summed E-state index contributed by atoms with van der Waals surface area (Å²) >= 11 is 0. The number of nitrogens with zero attached hydrogens (tertiary/aromatic N) is 2. The molecule has 0 amide bonds. The van der Waals surface area contributed by atoms with Crippen molar-refractivity contribution in [3.63, 3.8) is 0 Å². The van der Waals surface area contributed by atoms with Gasteiger partial charge >= 0.3 is 0 Å². The van der Waals surface area contributed by atoms with Crippen LogP contribution in [-0.4, -0.2) is 30.6 Å². The number of carbonyl (C=O) groups is 1. The van der Waals surface area contributed by atoms with Crippen LogP contribution in [0.1, 0.15) is 19.3 Å². The van der Waals surface area contributed by atoms with Gasteiger partial charge in [0.05, 0.1) is 6.21 Å². The number of piperidine rings is 1. The molecule has 0 radical (unpaired) electrons. The van der Waals surface area contributed by atoms with E-state index in [9.17, 15) is 4.79 Å².